The second kappa shape index (κ2) is 9.41. The molecule has 1 aliphatic rings. The molecule has 0 aliphatic carbocycles. The van der Waals surface area contributed by atoms with Gasteiger partial charge in [-0.05, 0) is 67.4 Å². The third kappa shape index (κ3) is 4.38. The molecular formula is C26H22ClN3O4. The first-order valence-corrected chi connectivity index (χ1v) is 10.8. The van der Waals surface area contributed by atoms with E-state index in [9.17, 15) is 14.4 Å². The fourth-order valence-corrected chi connectivity index (χ4v) is 3.77. The summed E-state index contributed by atoms with van der Waals surface area (Å²) in [6.45, 7) is 3.76. The smallest absolute Gasteiger partial charge is 0.283 e. The van der Waals surface area contributed by atoms with Gasteiger partial charge in [0.2, 0.25) is 0 Å². The molecule has 2 N–H and O–H groups in total. The molecule has 8 heteroatoms. The molecule has 3 amide bonds. The first kappa shape index (κ1) is 23.1. The summed E-state index contributed by atoms with van der Waals surface area (Å²) < 4.78 is 5.32. The van der Waals surface area contributed by atoms with E-state index in [1.54, 1.807) is 36.4 Å². The van der Waals surface area contributed by atoms with Crippen LogP contribution in [-0.4, -0.2) is 24.8 Å². The van der Waals surface area contributed by atoms with Gasteiger partial charge in [-0.3, -0.25) is 14.4 Å². The molecule has 3 aromatic rings. The molecule has 0 radical (unpaired) electrons. The number of hydrogen-bond donors (Lipinski definition) is 2. The molecular weight excluding hydrogens is 454 g/mol. The predicted octanol–water partition coefficient (Wildman–Crippen LogP) is 5.00. The number of hydrogen-bond acceptors (Lipinski definition) is 5. The van der Waals surface area contributed by atoms with E-state index in [0.29, 0.717) is 22.7 Å². The second-order valence-corrected chi connectivity index (χ2v) is 8.16. The van der Waals surface area contributed by atoms with Crippen molar-refractivity contribution in [3.05, 3.63) is 94.1 Å². The fraction of sp³-hybridized carbons (Fsp3) is 0.115. The number of benzene rings is 3. The highest BCUT2D eigenvalue weighted by molar-refractivity contribution is 6.53. The molecule has 34 heavy (non-hydrogen) atoms. The third-order valence-electron chi connectivity index (χ3n) is 5.41. The lowest BCUT2D eigenvalue weighted by Crippen LogP contribution is -2.32. The Morgan fingerprint density at radius 2 is 1.65 bits per heavy atom. The number of imide groups is 1. The first-order valence-electron chi connectivity index (χ1n) is 10.5. The van der Waals surface area contributed by atoms with Crippen LogP contribution in [0.1, 0.15) is 21.5 Å². The Morgan fingerprint density at radius 3 is 2.32 bits per heavy atom. The van der Waals surface area contributed by atoms with E-state index in [2.05, 4.69) is 10.6 Å². The number of aryl methyl sites for hydroxylation is 2. The molecule has 7 nitrogen and oxygen atoms in total. The summed E-state index contributed by atoms with van der Waals surface area (Å²) in [5.41, 5.74) is 3.74. The van der Waals surface area contributed by atoms with Crippen LogP contribution in [0.5, 0.6) is 5.75 Å². The van der Waals surface area contributed by atoms with Crippen LogP contribution in [0.25, 0.3) is 0 Å². The van der Waals surface area contributed by atoms with Crippen molar-refractivity contribution in [2.75, 3.05) is 22.6 Å². The van der Waals surface area contributed by atoms with E-state index < -0.39 is 11.8 Å². The van der Waals surface area contributed by atoms with Crippen LogP contribution in [0, 0.1) is 13.8 Å². The Kier molecular flexibility index (Phi) is 6.38. The lowest BCUT2D eigenvalue weighted by Gasteiger charge is -2.18. The van der Waals surface area contributed by atoms with Gasteiger partial charge in [-0.2, -0.15) is 0 Å². The van der Waals surface area contributed by atoms with Crippen molar-refractivity contribution in [3.63, 3.8) is 0 Å². The Labute approximate surface area is 202 Å². The number of amides is 3. The molecule has 0 atom stereocenters. The molecule has 172 valence electrons. The molecule has 0 unspecified atom stereocenters. The summed E-state index contributed by atoms with van der Waals surface area (Å²) in [5.74, 6) is -1.13. The van der Waals surface area contributed by atoms with Crippen LogP contribution in [0.2, 0.25) is 0 Å². The van der Waals surface area contributed by atoms with E-state index in [1.807, 2.05) is 44.2 Å². The van der Waals surface area contributed by atoms with Gasteiger partial charge in [0.15, 0.2) is 0 Å². The van der Waals surface area contributed by atoms with Gasteiger partial charge in [0, 0.05) is 16.9 Å². The fourth-order valence-electron chi connectivity index (χ4n) is 3.56. The summed E-state index contributed by atoms with van der Waals surface area (Å²) in [6, 6.07) is 19.2. The summed E-state index contributed by atoms with van der Waals surface area (Å²) in [6.07, 6.45) is 0. The minimum absolute atomic E-state index is 0.0488. The van der Waals surface area contributed by atoms with Gasteiger partial charge >= 0.3 is 0 Å². The minimum Gasteiger partial charge on any atom is -0.495 e. The zero-order chi connectivity index (χ0) is 24.4. The van der Waals surface area contributed by atoms with Crippen molar-refractivity contribution in [2.24, 2.45) is 0 Å². The number of halogens is 1. The van der Waals surface area contributed by atoms with Crippen molar-refractivity contribution in [1.82, 2.24) is 0 Å². The number of nitrogens with zero attached hydrogens (tertiary/aromatic N) is 1. The molecule has 0 spiro atoms. The summed E-state index contributed by atoms with van der Waals surface area (Å²) in [4.78, 5) is 39.5. The third-order valence-corrected chi connectivity index (χ3v) is 5.76. The topological polar surface area (TPSA) is 87.7 Å². The van der Waals surface area contributed by atoms with Crippen LogP contribution in [-0.2, 0) is 9.59 Å². The van der Waals surface area contributed by atoms with Crippen LogP contribution in [0.3, 0.4) is 0 Å². The summed E-state index contributed by atoms with van der Waals surface area (Å²) in [7, 11) is 1.46. The molecule has 0 bridgehead atoms. The van der Waals surface area contributed by atoms with Gasteiger partial charge in [-0.1, -0.05) is 35.9 Å². The maximum absolute atomic E-state index is 13.1. The summed E-state index contributed by atoms with van der Waals surface area (Å²) in [5, 5.41) is 5.56. The highest BCUT2D eigenvalue weighted by Gasteiger charge is 2.40. The lowest BCUT2D eigenvalue weighted by atomic mass is 10.1. The number of anilines is 3. The van der Waals surface area contributed by atoms with Crippen LogP contribution in [0.4, 0.5) is 17.1 Å². The van der Waals surface area contributed by atoms with Gasteiger partial charge in [0.05, 0.1) is 12.8 Å². The standard InChI is InChI=1S/C26H22ClN3O4/c1-15-8-13-21(34-3)20(14-15)30-25(32)22(27)23(26(30)33)28-18-11-9-17(10-12-18)24(31)29-19-7-5-4-6-16(19)2/h4-14,28H,1-3H3,(H,29,31). The normalized spacial score (nSPS) is 13.4. The SMILES string of the molecule is COc1ccc(C)cc1N1C(=O)C(Cl)=C(Nc2ccc(C(=O)Nc3ccccc3C)cc2)C1=O. The van der Waals surface area contributed by atoms with Gasteiger partial charge in [-0.25, -0.2) is 4.90 Å². The van der Waals surface area contributed by atoms with Crippen molar-refractivity contribution in [1.29, 1.82) is 0 Å². The number of methoxy groups -OCH3 is 1. The van der Waals surface area contributed by atoms with Crippen molar-refractivity contribution >= 4 is 46.4 Å². The number of carbonyl (C=O) groups is 3. The van der Waals surface area contributed by atoms with Gasteiger partial charge in [0.1, 0.15) is 16.5 Å². The second-order valence-electron chi connectivity index (χ2n) is 7.78. The van der Waals surface area contributed by atoms with E-state index in [0.717, 1.165) is 21.7 Å². The van der Waals surface area contributed by atoms with Crippen molar-refractivity contribution in [3.8, 4) is 5.75 Å². The minimum atomic E-state index is -0.646. The van der Waals surface area contributed by atoms with Crippen LogP contribution < -0.4 is 20.3 Å². The maximum atomic E-state index is 13.1. The maximum Gasteiger partial charge on any atom is 0.283 e. The van der Waals surface area contributed by atoms with Crippen LogP contribution >= 0.6 is 11.6 Å². The predicted molar refractivity (Wildman–Crippen MR) is 132 cm³/mol. The van der Waals surface area contributed by atoms with E-state index >= 15 is 0 Å². The Bertz CT molecular complexity index is 1330. The molecule has 0 fully saturated rings. The van der Waals surface area contributed by atoms with Crippen molar-refractivity contribution in [2.45, 2.75) is 13.8 Å². The molecule has 0 saturated carbocycles. The molecule has 4 rings (SSSR count). The molecule has 3 aromatic carbocycles. The van der Waals surface area contributed by atoms with E-state index in [-0.39, 0.29) is 16.6 Å². The summed E-state index contributed by atoms with van der Waals surface area (Å²) >= 11 is 6.24. The monoisotopic (exact) mass is 475 g/mol. The van der Waals surface area contributed by atoms with E-state index in [1.165, 1.54) is 7.11 Å². The van der Waals surface area contributed by atoms with E-state index in [4.69, 9.17) is 16.3 Å². The first-order chi connectivity index (χ1) is 16.3. The largest absolute Gasteiger partial charge is 0.495 e. The number of nitrogens with one attached hydrogen (secondary N) is 2. The number of carbonyl (C=O) groups excluding carboxylic acids is 3. The Morgan fingerprint density at radius 1 is 0.941 bits per heavy atom. The van der Waals surface area contributed by atoms with Gasteiger partial charge in [0.25, 0.3) is 17.7 Å². The zero-order valence-corrected chi connectivity index (χ0v) is 19.6. The van der Waals surface area contributed by atoms with Gasteiger partial charge in [-0.15, -0.1) is 0 Å². The molecule has 1 heterocycles. The van der Waals surface area contributed by atoms with Crippen molar-refractivity contribution < 1.29 is 19.1 Å². The number of ether oxygens (including phenoxy) is 1. The highest BCUT2D eigenvalue weighted by Crippen LogP contribution is 2.36. The molecule has 1 aliphatic heterocycles. The number of rotatable bonds is 6. The zero-order valence-electron chi connectivity index (χ0n) is 18.8. The Balaban J connectivity index is 1.52. The Hall–Kier alpha value is -4.10. The average molecular weight is 476 g/mol. The highest BCUT2D eigenvalue weighted by atomic mass is 35.5. The lowest BCUT2D eigenvalue weighted by molar-refractivity contribution is -0.120. The van der Waals surface area contributed by atoms with Crippen LogP contribution in [0.15, 0.2) is 77.5 Å². The van der Waals surface area contributed by atoms with Gasteiger partial charge < -0.3 is 15.4 Å². The quantitative estimate of drug-likeness (QED) is 0.490. The molecule has 0 saturated heterocycles. The number of para-hydroxylation sites is 1. The molecule has 0 aromatic heterocycles. The average Bonchev–Trinajstić information content (AvgIpc) is 3.04.